The first-order chi connectivity index (χ1) is 6.50. The molecule has 0 aliphatic carbocycles. The average molecular weight is 298 g/mol. The van der Waals surface area contributed by atoms with Crippen LogP contribution in [0.15, 0.2) is 22.7 Å². The first-order valence-electron chi connectivity index (χ1n) is 3.76. The molecule has 0 atom stereocenters. The molecule has 0 saturated carbocycles. The Morgan fingerprint density at radius 1 is 1.50 bits per heavy atom. The molecule has 0 spiro atoms. The molecule has 0 N–H and O–H groups in total. The lowest BCUT2D eigenvalue weighted by Crippen LogP contribution is -2.01. The Kier molecular flexibility index (Phi) is 4.23. The van der Waals surface area contributed by atoms with Crippen LogP contribution in [-0.2, 0) is 4.79 Å². The SMILES string of the molecule is CC(=O)Oc1ccc(Br)c(C(Cl)Cl)c1. The molecule has 0 amide bonds. The Hall–Kier alpha value is -0.250. The number of benzene rings is 1. The molecule has 5 heteroatoms. The fourth-order valence-corrected chi connectivity index (χ4v) is 2.02. The molecule has 0 aromatic heterocycles. The molecule has 14 heavy (non-hydrogen) atoms. The Bertz CT molecular complexity index is 353. The van der Waals surface area contributed by atoms with Crippen LogP contribution in [0.5, 0.6) is 5.75 Å². The third-order valence-electron chi connectivity index (χ3n) is 1.46. The smallest absolute Gasteiger partial charge is 0.308 e. The molecule has 0 fully saturated rings. The van der Waals surface area contributed by atoms with Gasteiger partial charge in [0.15, 0.2) is 0 Å². The Morgan fingerprint density at radius 2 is 2.14 bits per heavy atom. The second-order valence-corrected chi connectivity index (χ2v) is 4.53. The maximum Gasteiger partial charge on any atom is 0.308 e. The highest BCUT2D eigenvalue weighted by atomic mass is 79.9. The number of halogens is 3. The van der Waals surface area contributed by atoms with Gasteiger partial charge in [-0.15, -0.1) is 23.2 Å². The van der Waals surface area contributed by atoms with Crippen LogP contribution in [0.3, 0.4) is 0 Å². The minimum absolute atomic E-state index is 0.376. The monoisotopic (exact) mass is 296 g/mol. The number of carbonyl (C=O) groups excluding carboxylic acids is 1. The molecule has 0 radical (unpaired) electrons. The van der Waals surface area contributed by atoms with Crippen molar-refractivity contribution in [3.63, 3.8) is 0 Å². The van der Waals surface area contributed by atoms with Gasteiger partial charge in [-0.1, -0.05) is 15.9 Å². The number of ether oxygens (including phenoxy) is 1. The lowest BCUT2D eigenvalue weighted by molar-refractivity contribution is -0.131. The van der Waals surface area contributed by atoms with Crippen LogP contribution in [0.4, 0.5) is 0 Å². The number of alkyl halides is 2. The van der Waals surface area contributed by atoms with E-state index in [4.69, 9.17) is 27.9 Å². The Balaban J connectivity index is 3.00. The maximum absolute atomic E-state index is 10.7. The minimum atomic E-state index is -0.653. The van der Waals surface area contributed by atoms with Crippen molar-refractivity contribution < 1.29 is 9.53 Å². The predicted molar refractivity (Wildman–Crippen MR) is 59.9 cm³/mol. The van der Waals surface area contributed by atoms with Crippen molar-refractivity contribution in [1.82, 2.24) is 0 Å². The number of rotatable bonds is 2. The molecule has 0 aliphatic rings. The van der Waals surface area contributed by atoms with E-state index in [1.54, 1.807) is 18.2 Å². The van der Waals surface area contributed by atoms with Crippen LogP contribution in [0.1, 0.15) is 17.3 Å². The van der Waals surface area contributed by atoms with Gasteiger partial charge in [0.2, 0.25) is 0 Å². The second kappa shape index (κ2) is 5.01. The summed E-state index contributed by atoms with van der Waals surface area (Å²) in [6.45, 7) is 1.33. The Morgan fingerprint density at radius 3 is 2.64 bits per heavy atom. The zero-order chi connectivity index (χ0) is 10.7. The summed E-state index contributed by atoms with van der Waals surface area (Å²) in [6, 6.07) is 5.01. The zero-order valence-corrected chi connectivity index (χ0v) is 10.4. The van der Waals surface area contributed by atoms with Gasteiger partial charge in [-0.2, -0.15) is 0 Å². The normalized spacial score (nSPS) is 10.4. The van der Waals surface area contributed by atoms with Crippen LogP contribution in [-0.4, -0.2) is 5.97 Å². The summed E-state index contributed by atoms with van der Waals surface area (Å²) in [7, 11) is 0. The van der Waals surface area contributed by atoms with Gasteiger partial charge in [-0.25, -0.2) is 0 Å². The molecule has 0 unspecified atom stereocenters. The number of hydrogen-bond acceptors (Lipinski definition) is 2. The summed E-state index contributed by atoms with van der Waals surface area (Å²) in [5.41, 5.74) is 0.673. The molecule has 0 heterocycles. The van der Waals surface area contributed by atoms with Crippen molar-refractivity contribution in [2.45, 2.75) is 11.8 Å². The molecule has 0 aliphatic heterocycles. The van der Waals surface area contributed by atoms with E-state index >= 15 is 0 Å². The molecule has 0 bridgehead atoms. The summed E-state index contributed by atoms with van der Waals surface area (Å²) >= 11 is 14.7. The van der Waals surface area contributed by atoms with Crippen molar-refractivity contribution in [2.75, 3.05) is 0 Å². The van der Waals surface area contributed by atoms with Gasteiger partial charge in [0, 0.05) is 17.0 Å². The van der Waals surface area contributed by atoms with Crippen molar-refractivity contribution in [3.05, 3.63) is 28.2 Å². The fourth-order valence-electron chi connectivity index (χ4n) is 0.919. The standard InChI is InChI=1S/C9H7BrCl2O2/c1-5(13)14-6-2-3-8(10)7(4-6)9(11)12/h2-4,9H,1H3. The topological polar surface area (TPSA) is 26.3 Å². The summed E-state index contributed by atoms with van der Waals surface area (Å²) < 4.78 is 5.66. The van der Waals surface area contributed by atoms with Crippen LogP contribution >= 0.6 is 39.1 Å². The summed E-state index contributed by atoms with van der Waals surface area (Å²) in [4.78, 5) is 10.0. The van der Waals surface area contributed by atoms with Gasteiger partial charge >= 0.3 is 5.97 Å². The summed E-state index contributed by atoms with van der Waals surface area (Å²) in [5, 5.41) is 0. The molecule has 1 rings (SSSR count). The highest BCUT2D eigenvalue weighted by Crippen LogP contribution is 2.33. The molecule has 1 aromatic carbocycles. The zero-order valence-electron chi connectivity index (χ0n) is 7.26. The largest absolute Gasteiger partial charge is 0.427 e. The van der Waals surface area contributed by atoms with Crippen LogP contribution in [0, 0.1) is 0 Å². The van der Waals surface area contributed by atoms with E-state index in [0.717, 1.165) is 4.47 Å². The van der Waals surface area contributed by atoms with Gasteiger partial charge in [0.1, 0.15) is 10.6 Å². The molecule has 2 nitrogen and oxygen atoms in total. The second-order valence-electron chi connectivity index (χ2n) is 2.58. The van der Waals surface area contributed by atoms with Gasteiger partial charge in [0.25, 0.3) is 0 Å². The van der Waals surface area contributed by atoms with Crippen molar-refractivity contribution in [1.29, 1.82) is 0 Å². The number of esters is 1. The minimum Gasteiger partial charge on any atom is -0.427 e. The van der Waals surface area contributed by atoms with E-state index < -0.39 is 4.84 Å². The third kappa shape index (κ3) is 3.15. The van der Waals surface area contributed by atoms with Gasteiger partial charge < -0.3 is 4.74 Å². The average Bonchev–Trinajstić information content (AvgIpc) is 2.07. The highest BCUT2D eigenvalue weighted by Gasteiger charge is 2.10. The van der Waals surface area contributed by atoms with Crippen LogP contribution < -0.4 is 4.74 Å². The predicted octanol–water partition coefficient (Wildman–Crippen LogP) is 3.85. The fraction of sp³-hybridized carbons (Fsp3) is 0.222. The maximum atomic E-state index is 10.7. The van der Waals surface area contributed by atoms with Crippen LogP contribution in [0.25, 0.3) is 0 Å². The molecule has 0 saturated heterocycles. The van der Waals surface area contributed by atoms with E-state index in [1.807, 2.05) is 0 Å². The van der Waals surface area contributed by atoms with Gasteiger partial charge in [-0.05, 0) is 18.2 Å². The number of hydrogen-bond donors (Lipinski definition) is 0. The van der Waals surface area contributed by atoms with Crippen molar-refractivity contribution >= 4 is 45.1 Å². The molecular formula is C9H7BrCl2O2. The Labute approximate surface area is 100 Å². The molecular weight excluding hydrogens is 291 g/mol. The van der Waals surface area contributed by atoms with E-state index in [0.29, 0.717) is 11.3 Å². The lowest BCUT2D eigenvalue weighted by atomic mass is 10.2. The van der Waals surface area contributed by atoms with Crippen LogP contribution in [0.2, 0.25) is 0 Å². The van der Waals surface area contributed by atoms with E-state index in [1.165, 1.54) is 6.92 Å². The first-order valence-corrected chi connectivity index (χ1v) is 5.43. The van der Waals surface area contributed by atoms with E-state index in [9.17, 15) is 4.79 Å². The van der Waals surface area contributed by atoms with E-state index in [-0.39, 0.29) is 5.97 Å². The summed E-state index contributed by atoms with van der Waals surface area (Å²) in [5.74, 6) is 0.0565. The summed E-state index contributed by atoms with van der Waals surface area (Å²) in [6.07, 6.45) is 0. The molecule has 76 valence electrons. The molecule has 1 aromatic rings. The van der Waals surface area contributed by atoms with Crippen molar-refractivity contribution in [2.24, 2.45) is 0 Å². The van der Waals surface area contributed by atoms with Gasteiger partial charge in [0.05, 0.1) is 0 Å². The van der Waals surface area contributed by atoms with Crippen molar-refractivity contribution in [3.8, 4) is 5.75 Å². The third-order valence-corrected chi connectivity index (χ3v) is 2.66. The van der Waals surface area contributed by atoms with E-state index in [2.05, 4.69) is 15.9 Å². The quantitative estimate of drug-likeness (QED) is 0.471. The lowest BCUT2D eigenvalue weighted by Gasteiger charge is -2.07. The first kappa shape index (κ1) is 11.8. The highest BCUT2D eigenvalue weighted by molar-refractivity contribution is 9.10. The van der Waals surface area contributed by atoms with Gasteiger partial charge in [-0.3, -0.25) is 4.79 Å². The number of carbonyl (C=O) groups is 1.